The summed E-state index contributed by atoms with van der Waals surface area (Å²) in [5.41, 5.74) is 1.30. The van der Waals surface area contributed by atoms with Gasteiger partial charge in [-0.1, -0.05) is 66.7 Å². The van der Waals surface area contributed by atoms with Gasteiger partial charge in [-0.15, -0.1) is 0 Å². The highest BCUT2D eigenvalue weighted by atomic mass is 32.1. The number of hydrogen-bond acceptors (Lipinski definition) is 2. The number of hydrogen-bond donors (Lipinski definition) is 0. The molecule has 130 valence electrons. The van der Waals surface area contributed by atoms with Crippen LogP contribution in [0.1, 0.15) is 49.1 Å². The Morgan fingerprint density at radius 2 is 1.71 bits per heavy atom. The molecule has 1 aromatic carbocycles. The third kappa shape index (κ3) is 6.12. The summed E-state index contributed by atoms with van der Waals surface area (Å²) in [7, 11) is 4.25. The van der Waals surface area contributed by atoms with Crippen molar-refractivity contribution in [2.24, 2.45) is 0 Å². The molecular weight excluding hydrogens is 312 g/mol. The van der Waals surface area contributed by atoms with Gasteiger partial charge in [0.1, 0.15) is 0 Å². The Morgan fingerprint density at radius 3 is 2.46 bits per heavy atom. The van der Waals surface area contributed by atoms with E-state index in [0.29, 0.717) is 0 Å². The molecule has 1 aromatic heterocycles. The van der Waals surface area contributed by atoms with Crippen molar-refractivity contribution in [1.29, 1.82) is 0 Å². The average Bonchev–Trinajstić information content (AvgIpc) is 2.95. The van der Waals surface area contributed by atoms with E-state index in [9.17, 15) is 0 Å². The lowest BCUT2D eigenvalue weighted by molar-refractivity contribution is -0.686. The summed E-state index contributed by atoms with van der Waals surface area (Å²) in [5.74, 6) is 1.34. The number of rotatable bonds is 10. The Bertz CT molecular complexity index is 614. The molecule has 0 aliphatic carbocycles. The van der Waals surface area contributed by atoms with Gasteiger partial charge in [0.2, 0.25) is 0 Å². The molecule has 0 bridgehead atoms. The standard InChI is InChI=1S/C21H31N2S/c1-19-23(21(18-24-19)22(2)3)17-13-8-6-4-5-7-10-14-20-15-11-9-12-16-20/h9-12,14-16,18H,4-8,13,17H2,1-3H3/q+1. The maximum atomic E-state index is 2.45. The normalized spacial score (nSPS) is 11.3. The minimum atomic E-state index is 1.15. The van der Waals surface area contributed by atoms with Crippen molar-refractivity contribution in [2.75, 3.05) is 19.0 Å². The summed E-state index contributed by atoms with van der Waals surface area (Å²) < 4.78 is 2.45. The summed E-state index contributed by atoms with van der Waals surface area (Å²) in [6.07, 6.45) is 12.3. The van der Waals surface area contributed by atoms with Crippen LogP contribution in [-0.2, 0) is 6.54 Å². The van der Waals surface area contributed by atoms with Crippen molar-refractivity contribution in [3.05, 3.63) is 52.4 Å². The van der Waals surface area contributed by atoms with E-state index in [1.54, 1.807) is 0 Å². The van der Waals surface area contributed by atoms with Crippen LogP contribution >= 0.6 is 11.3 Å². The minimum Gasteiger partial charge on any atom is -0.266 e. The van der Waals surface area contributed by atoms with Crippen LogP contribution in [0.25, 0.3) is 6.08 Å². The largest absolute Gasteiger partial charge is 0.287 e. The lowest BCUT2D eigenvalue weighted by Gasteiger charge is -2.07. The van der Waals surface area contributed by atoms with E-state index in [2.05, 4.69) is 78.4 Å². The molecule has 24 heavy (non-hydrogen) atoms. The molecule has 0 amide bonds. The smallest absolute Gasteiger partial charge is 0.266 e. The molecular formula is C21H31N2S+. The van der Waals surface area contributed by atoms with Crippen molar-refractivity contribution in [2.45, 2.75) is 52.0 Å². The van der Waals surface area contributed by atoms with E-state index in [-0.39, 0.29) is 0 Å². The fourth-order valence-corrected chi connectivity index (χ4v) is 3.82. The van der Waals surface area contributed by atoms with Crippen molar-refractivity contribution >= 4 is 23.2 Å². The molecule has 0 N–H and O–H groups in total. The minimum absolute atomic E-state index is 1.15. The van der Waals surface area contributed by atoms with Crippen LogP contribution in [0.4, 0.5) is 5.82 Å². The van der Waals surface area contributed by atoms with E-state index >= 15 is 0 Å². The van der Waals surface area contributed by atoms with Gasteiger partial charge in [-0.3, -0.25) is 4.90 Å². The Kier molecular flexibility index (Phi) is 8.03. The quantitative estimate of drug-likeness (QED) is 0.410. The first-order valence-electron chi connectivity index (χ1n) is 9.05. The summed E-state index contributed by atoms with van der Waals surface area (Å²) in [6.45, 7) is 3.37. The SMILES string of the molecule is Cc1scc(N(C)C)[n+]1CCCCCCCC=Cc1ccccc1. The van der Waals surface area contributed by atoms with Crippen molar-refractivity contribution in [1.82, 2.24) is 0 Å². The second-order valence-corrected chi connectivity index (χ2v) is 7.59. The number of benzene rings is 1. The van der Waals surface area contributed by atoms with E-state index in [1.807, 2.05) is 11.3 Å². The number of allylic oxidation sites excluding steroid dienone is 1. The Hall–Kier alpha value is -1.61. The molecule has 0 unspecified atom stereocenters. The molecule has 0 aliphatic heterocycles. The van der Waals surface area contributed by atoms with E-state index in [4.69, 9.17) is 0 Å². The number of nitrogens with zero attached hydrogens (tertiary/aromatic N) is 2. The highest BCUT2D eigenvalue weighted by Gasteiger charge is 2.15. The first-order chi connectivity index (χ1) is 11.7. The Morgan fingerprint density at radius 1 is 1.00 bits per heavy atom. The van der Waals surface area contributed by atoms with Crippen molar-refractivity contribution in [3.8, 4) is 0 Å². The summed E-state index contributed by atoms with van der Waals surface area (Å²) >= 11 is 1.85. The molecule has 2 nitrogen and oxygen atoms in total. The van der Waals surface area contributed by atoms with Crippen LogP contribution in [0.5, 0.6) is 0 Å². The second kappa shape index (κ2) is 10.3. The number of aromatic nitrogens is 1. The van der Waals surface area contributed by atoms with Gasteiger partial charge in [0.15, 0.2) is 5.01 Å². The number of thiazole rings is 1. The van der Waals surface area contributed by atoms with Gasteiger partial charge >= 0.3 is 0 Å². The number of unbranched alkanes of at least 4 members (excludes halogenated alkanes) is 5. The highest BCUT2D eigenvalue weighted by Crippen LogP contribution is 2.15. The van der Waals surface area contributed by atoms with Crippen molar-refractivity contribution < 1.29 is 4.57 Å². The maximum Gasteiger partial charge on any atom is 0.287 e. The van der Waals surface area contributed by atoms with Crippen LogP contribution < -0.4 is 9.47 Å². The summed E-state index contributed by atoms with van der Waals surface area (Å²) in [4.78, 5) is 2.21. The summed E-state index contributed by atoms with van der Waals surface area (Å²) in [6, 6.07) is 10.6. The third-order valence-electron chi connectivity index (χ3n) is 4.31. The monoisotopic (exact) mass is 343 g/mol. The van der Waals surface area contributed by atoms with E-state index in [0.717, 1.165) is 6.54 Å². The average molecular weight is 344 g/mol. The van der Waals surface area contributed by atoms with Gasteiger partial charge in [-0.25, -0.2) is 4.57 Å². The van der Waals surface area contributed by atoms with Gasteiger partial charge < -0.3 is 0 Å². The molecule has 0 fully saturated rings. The first-order valence-corrected chi connectivity index (χ1v) is 9.93. The Labute approximate surface area is 151 Å². The molecule has 2 aromatic rings. The zero-order valence-corrected chi connectivity index (χ0v) is 16.2. The number of aryl methyl sites for hydroxylation is 1. The van der Waals surface area contributed by atoms with E-state index < -0.39 is 0 Å². The first kappa shape index (κ1) is 18.7. The van der Waals surface area contributed by atoms with Gasteiger partial charge in [0, 0.05) is 6.92 Å². The van der Waals surface area contributed by atoms with Crippen LogP contribution in [-0.4, -0.2) is 14.1 Å². The van der Waals surface area contributed by atoms with Crippen LogP contribution in [0, 0.1) is 6.92 Å². The third-order valence-corrected chi connectivity index (χ3v) is 5.20. The molecule has 1 heterocycles. The van der Waals surface area contributed by atoms with Gasteiger partial charge in [0.25, 0.3) is 5.82 Å². The molecule has 0 saturated heterocycles. The zero-order valence-electron chi connectivity index (χ0n) is 15.4. The molecule has 3 heteroatoms. The zero-order chi connectivity index (χ0) is 17.2. The second-order valence-electron chi connectivity index (χ2n) is 6.53. The van der Waals surface area contributed by atoms with Gasteiger partial charge in [-0.2, -0.15) is 0 Å². The molecule has 0 radical (unpaired) electrons. The van der Waals surface area contributed by atoms with Gasteiger partial charge in [0.05, 0.1) is 26.0 Å². The molecule has 0 saturated carbocycles. The van der Waals surface area contributed by atoms with Crippen LogP contribution in [0.3, 0.4) is 0 Å². The van der Waals surface area contributed by atoms with E-state index in [1.165, 1.54) is 54.9 Å². The maximum absolute atomic E-state index is 2.45. The lowest BCUT2D eigenvalue weighted by Crippen LogP contribution is -2.39. The topological polar surface area (TPSA) is 7.12 Å². The summed E-state index contributed by atoms with van der Waals surface area (Å²) in [5, 5.41) is 3.67. The van der Waals surface area contributed by atoms with Crippen LogP contribution in [0.2, 0.25) is 0 Å². The fourth-order valence-electron chi connectivity index (χ4n) is 2.89. The van der Waals surface area contributed by atoms with Crippen LogP contribution in [0.15, 0.2) is 41.8 Å². The van der Waals surface area contributed by atoms with Crippen molar-refractivity contribution in [3.63, 3.8) is 0 Å². The number of anilines is 1. The highest BCUT2D eigenvalue weighted by molar-refractivity contribution is 7.09. The Balaban J connectivity index is 1.56. The predicted octanol–water partition coefficient (Wildman–Crippen LogP) is 5.46. The molecule has 0 atom stereocenters. The molecule has 0 spiro atoms. The van der Waals surface area contributed by atoms with Gasteiger partial charge in [-0.05, 0) is 31.2 Å². The predicted molar refractivity (Wildman–Crippen MR) is 107 cm³/mol. The molecule has 0 aliphatic rings. The fraction of sp³-hybridized carbons (Fsp3) is 0.476. The lowest BCUT2D eigenvalue weighted by atomic mass is 10.1. The molecule has 2 rings (SSSR count).